The lowest BCUT2D eigenvalue weighted by Gasteiger charge is -2.17. The number of nitrogens with two attached hydrogens (primary N) is 1. The number of urea groups is 1. The summed E-state index contributed by atoms with van der Waals surface area (Å²) in [6.45, 7) is 2.98. The van der Waals surface area contributed by atoms with Crippen molar-refractivity contribution in [3.63, 3.8) is 0 Å². The normalized spacial score (nSPS) is 11.1. The Hall–Kier alpha value is -2.67. The monoisotopic (exact) mass is 318 g/mol. The van der Waals surface area contributed by atoms with E-state index >= 15 is 0 Å². The van der Waals surface area contributed by atoms with E-state index in [2.05, 4.69) is 15.6 Å². The van der Waals surface area contributed by atoms with E-state index in [-0.39, 0.29) is 18.1 Å². The third-order valence-corrected chi connectivity index (χ3v) is 3.14. The van der Waals surface area contributed by atoms with Crippen molar-refractivity contribution in [1.82, 2.24) is 4.98 Å². The van der Waals surface area contributed by atoms with Crippen LogP contribution in [0.15, 0.2) is 36.4 Å². The number of phenols is 1. The maximum atomic E-state index is 14.1. The van der Waals surface area contributed by atoms with Crippen LogP contribution < -0.4 is 16.4 Å². The van der Waals surface area contributed by atoms with Crippen LogP contribution in [0.25, 0.3) is 0 Å². The smallest absolute Gasteiger partial charge is 0.324 e. The van der Waals surface area contributed by atoms with Crippen LogP contribution in [0, 0.1) is 0 Å². The lowest BCUT2D eigenvalue weighted by Crippen LogP contribution is -2.21. The zero-order valence-corrected chi connectivity index (χ0v) is 12.9. The van der Waals surface area contributed by atoms with Crippen LogP contribution in [0.2, 0.25) is 0 Å². The topological polar surface area (TPSA) is 100 Å². The Kier molecular flexibility index (Phi) is 4.80. The Balaban J connectivity index is 2.15. The number of hydrogen-bond donors (Lipinski definition) is 4. The molecule has 0 bridgehead atoms. The molecule has 0 saturated heterocycles. The molecule has 23 heavy (non-hydrogen) atoms. The van der Waals surface area contributed by atoms with Gasteiger partial charge in [0.1, 0.15) is 17.2 Å². The molecule has 0 radical (unpaired) electrons. The van der Waals surface area contributed by atoms with Gasteiger partial charge in [-0.1, -0.05) is 0 Å². The number of nitrogens with one attached hydrogen (secondary N) is 2. The number of halogens is 1. The molecule has 0 fully saturated rings. The Morgan fingerprint density at radius 2 is 1.91 bits per heavy atom. The van der Waals surface area contributed by atoms with Crippen LogP contribution in [-0.4, -0.2) is 16.1 Å². The highest BCUT2D eigenvalue weighted by Gasteiger charge is 2.21. The van der Waals surface area contributed by atoms with Gasteiger partial charge >= 0.3 is 6.03 Å². The molecule has 1 heterocycles. The Morgan fingerprint density at radius 1 is 1.26 bits per heavy atom. The molecular weight excluding hydrogens is 299 g/mol. The fraction of sp³-hybridized carbons (Fsp3) is 0.250. The Bertz CT molecular complexity index is 696. The second kappa shape index (κ2) is 6.62. The molecule has 2 aromatic rings. The summed E-state index contributed by atoms with van der Waals surface area (Å²) in [6.07, 6.45) is 0. The number of amides is 2. The summed E-state index contributed by atoms with van der Waals surface area (Å²) >= 11 is 0. The molecule has 2 rings (SSSR count). The van der Waals surface area contributed by atoms with Gasteiger partial charge in [-0.05, 0) is 55.8 Å². The predicted octanol–water partition coefficient (Wildman–Crippen LogP) is 3.09. The second-order valence-electron chi connectivity index (χ2n) is 5.53. The SMILES string of the molecule is CC(C)(F)c1cc(CN)nc(NC(=O)Nc2ccc(O)cc2)c1. The fourth-order valence-electron chi connectivity index (χ4n) is 1.92. The van der Waals surface area contributed by atoms with E-state index in [1.54, 1.807) is 18.2 Å². The quantitative estimate of drug-likeness (QED) is 0.651. The van der Waals surface area contributed by atoms with Gasteiger partial charge in [-0.2, -0.15) is 0 Å². The van der Waals surface area contributed by atoms with E-state index in [1.165, 1.54) is 32.0 Å². The van der Waals surface area contributed by atoms with Crippen molar-refractivity contribution in [1.29, 1.82) is 0 Å². The highest BCUT2D eigenvalue weighted by molar-refractivity contribution is 5.99. The average molecular weight is 318 g/mol. The number of pyridine rings is 1. The van der Waals surface area contributed by atoms with Gasteiger partial charge in [-0.15, -0.1) is 0 Å². The van der Waals surface area contributed by atoms with Crippen molar-refractivity contribution in [2.45, 2.75) is 26.1 Å². The average Bonchev–Trinajstić information content (AvgIpc) is 2.48. The van der Waals surface area contributed by atoms with Gasteiger partial charge in [0.2, 0.25) is 0 Å². The number of rotatable bonds is 4. The first-order valence-electron chi connectivity index (χ1n) is 7.05. The zero-order chi connectivity index (χ0) is 17.0. The third kappa shape index (κ3) is 4.65. The van der Waals surface area contributed by atoms with E-state index in [0.717, 1.165) is 0 Å². The van der Waals surface area contributed by atoms with Crippen molar-refractivity contribution in [3.05, 3.63) is 47.7 Å². The summed E-state index contributed by atoms with van der Waals surface area (Å²) in [7, 11) is 0. The van der Waals surface area contributed by atoms with E-state index in [4.69, 9.17) is 5.73 Å². The summed E-state index contributed by atoms with van der Waals surface area (Å²) < 4.78 is 14.1. The molecule has 6 nitrogen and oxygen atoms in total. The van der Waals surface area contributed by atoms with Crippen molar-refractivity contribution < 1.29 is 14.3 Å². The maximum absolute atomic E-state index is 14.1. The third-order valence-electron chi connectivity index (χ3n) is 3.14. The number of phenolic OH excluding ortho intramolecular Hbond substituents is 1. The Labute approximate surface area is 133 Å². The molecule has 0 aliphatic heterocycles. The largest absolute Gasteiger partial charge is 0.508 e. The number of benzene rings is 1. The molecule has 0 atom stereocenters. The number of carbonyl (C=O) groups is 1. The molecular formula is C16H19FN4O2. The van der Waals surface area contributed by atoms with Crippen LogP contribution in [0.5, 0.6) is 5.75 Å². The van der Waals surface area contributed by atoms with E-state index < -0.39 is 11.7 Å². The van der Waals surface area contributed by atoms with E-state index in [0.29, 0.717) is 16.9 Å². The molecule has 0 spiro atoms. The van der Waals surface area contributed by atoms with Gasteiger partial charge < -0.3 is 16.2 Å². The molecule has 5 N–H and O–H groups in total. The molecule has 1 aromatic carbocycles. The minimum Gasteiger partial charge on any atom is -0.508 e. The first-order valence-corrected chi connectivity index (χ1v) is 7.05. The standard InChI is InChI=1S/C16H19FN4O2/c1-16(2,17)10-7-12(9-18)19-14(8-10)21-15(23)20-11-3-5-13(22)6-4-11/h3-8,22H,9,18H2,1-2H3,(H2,19,20,21,23). The molecule has 7 heteroatoms. The number of aromatic hydroxyl groups is 1. The number of aromatic nitrogens is 1. The molecule has 0 unspecified atom stereocenters. The Morgan fingerprint density at radius 3 is 2.48 bits per heavy atom. The van der Waals surface area contributed by atoms with Gasteiger partial charge in [0.15, 0.2) is 0 Å². The molecule has 0 aliphatic carbocycles. The molecule has 122 valence electrons. The van der Waals surface area contributed by atoms with Crippen LogP contribution in [0.4, 0.5) is 20.7 Å². The maximum Gasteiger partial charge on any atom is 0.324 e. The first kappa shape index (κ1) is 16.7. The highest BCUT2D eigenvalue weighted by atomic mass is 19.1. The lowest BCUT2D eigenvalue weighted by molar-refractivity contribution is 0.221. The van der Waals surface area contributed by atoms with Gasteiger partial charge in [-0.3, -0.25) is 5.32 Å². The fourth-order valence-corrected chi connectivity index (χ4v) is 1.92. The number of carbonyl (C=O) groups excluding carboxylic acids is 1. The van der Waals surface area contributed by atoms with Gasteiger partial charge in [-0.25, -0.2) is 14.2 Å². The number of nitrogens with zero attached hydrogens (tertiary/aromatic N) is 1. The number of hydrogen-bond acceptors (Lipinski definition) is 4. The highest BCUT2D eigenvalue weighted by Crippen LogP contribution is 2.27. The molecule has 2 amide bonds. The summed E-state index contributed by atoms with van der Waals surface area (Å²) in [6, 6.07) is 8.52. The van der Waals surface area contributed by atoms with Crippen molar-refractivity contribution in [3.8, 4) is 5.75 Å². The molecule has 1 aromatic heterocycles. The number of anilines is 2. The first-order chi connectivity index (χ1) is 10.8. The van der Waals surface area contributed by atoms with Gasteiger partial charge in [0.05, 0.1) is 5.69 Å². The van der Waals surface area contributed by atoms with Crippen LogP contribution in [0.1, 0.15) is 25.1 Å². The summed E-state index contributed by atoms with van der Waals surface area (Å²) in [5.41, 5.74) is 5.35. The number of alkyl halides is 1. The van der Waals surface area contributed by atoms with Crippen molar-refractivity contribution in [2.75, 3.05) is 10.6 Å². The second-order valence-corrected chi connectivity index (χ2v) is 5.53. The zero-order valence-electron chi connectivity index (χ0n) is 12.9. The lowest BCUT2D eigenvalue weighted by atomic mass is 10.0. The van der Waals surface area contributed by atoms with Crippen molar-refractivity contribution in [2.24, 2.45) is 5.73 Å². The summed E-state index contributed by atoms with van der Waals surface area (Å²) in [5, 5.41) is 14.3. The minimum atomic E-state index is -1.57. The summed E-state index contributed by atoms with van der Waals surface area (Å²) in [5.74, 6) is 0.313. The van der Waals surface area contributed by atoms with Crippen molar-refractivity contribution >= 4 is 17.5 Å². The van der Waals surface area contributed by atoms with Crippen LogP contribution in [-0.2, 0) is 12.2 Å². The predicted molar refractivity (Wildman–Crippen MR) is 87.0 cm³/mol. The van der Waals surface area contributed by atoms with Crippen LogP contribution in [0.3, 0.4) is 0 Å². The molecule has 0 saturated carbocycles. The summed E-state index contributed by atoms with van der Waals surface area (Å²) in [4.78, 5) is 16.1. The van der Waals surface area contributed by atoms with Gasteiger partial charge in [0, 0.05) is 12.2 Å². The van der Waals surface area contributed by atoms with E-state index in [9.17, 15) is 14.3 Å². The van der Waals surface area contributed by atoms with E-state index in [1.807, 2.05) is 0 Å². The van der Waals surface area contributed by atoms with Gasteiger partial charge in [0.25, 0.3) is 0 Å². The minimum absolute atomic E-state index is 0.100. The van der Waals surface area contributed by atoms with Crippen LogP contribution >= 0.6 is 0 Å². The molecule has 0 aliphatic rings.